The molecule has 24 heavy (non-hydrogen) atoms. The highest BCUT2D eigenvalue weighted by Gasteiger charge is 2.20. The molecule has 6 heteroatoms. The number of benzene rings is 2. The molecular formula is C18H18BrNO4. The molecule has 0 aliphatic carbocycles. The van der Waals surface area contributed by atoms with Crippen LogP contribution in [0.25, 0.3) is 0 Å². The van der Waals surface area contributed by atoms with Gasteiger partial charge in [0.05, 0.1) is 12.2 Å². The number of amides is 1. The number of hydrogen-bond donors (Lipinski definition) is 1. The summed E-state index contributed by atoms with van der Waals surface area (Å²) in [5.74, 6) is -0.236. The zero-order valence-corrected chi connectivity index (χ0v) is 15.0. The van der Waals surface area contributed by atoms with Gasteiger partial charge in [-0.05, 0) is 66.2 Å². The normalized spacial score (nSPS) is 11.5. The van der Waals surface area contributed by atoms with E-state index in [0.29, 0.717) is 22.3 Å². The van der Waals surface area contributed by atoms with Crippen LogP contribution in [0.5, 0.6) is 5.75 Å². The number of anilines is 1. The van der Waals surface area contributed by atoms with Crippen molar-refractivity contribution < 1.29 is 19.1 Å². The fourth-order valence-corrected chi connectivity index (χ4v) is 2.40. The van der Waals surface area contributed by atoms with Crippen LogP contribution in [-0.4, -0.2) is 24.6 Å². The maximum Gasteiger partial charge on any atom is 0.340 e. The number of ether oxygens (including phenoxy) is 2. The minimum atomic E-state index is -0.920. The van der Waals surface area contributed by atoms with Crippen LogP contribution >= 0.6 is 15.9 Å². The van der Waals surface area contributed by atoms with Crippen LogP contribution in [0.2, 0.25) is 0 Å². The maximum atomic E-state index is 12.1. The first-order valence-corrected chi connectivity index (χ1v) is 8.29. The molecule has 0 heterocycles. The second kappa shape index (κ2) is 8.49. The molecule has 126 valence electrons. The van der Waals surface area contributed by atoms with Crippen LogP contribution in [0, 0.1) is 0 Å². The quantitative estimate of drug-likeness (QED) is 0.754. The molecule has 0 radical (unpaired) electrons. The number of carbonyl (C=O) groups excluding carboxylic acids is 2. The highest BCUT2D eigenvalue weighted by Crippen LogP contribution is 2.18. The zero-order valence-electron chi connectivity index (χ0n) is 13.4. The monoisotopic (exact) mass is 391 g/mol. The van der Waals surface area contributed by atoms with Crippen LogP contribution in [0.1, 0.15) is 24.2 Å². The molecule has 0 unspecified atom stereocenters. The van der Waals surface area contributed by atoms with Crippen LogP contribution in [0.15, 0.2) is 53.0 Å². The van der Waals surface area contributed by atoms with E-state index in [2.05, 4.69) is 21.2 Å². The zero-order chi connectivity index (χ0) is 17.5. The first-order chi connectivity index (χ1) is 11.5. The van der Waals surface area contributed by atoms with Gasteiger partial charge in [0.15, 0.2) is 6.10 Å². The van der Waals surface area contributed by atoms with Gasteiger partial charge in [0, 0.05) is 10.2 Å². The van der Waals surface area contributed by atoms with Crippen molar-refractivity contribution in [3.05, 3.63) is 58.6 Å². The Hall–Kier alpha value is -2.34. The summed E-state index contributed by atoms with van der Waals surface area (Å²) in [7, 11) is 0. The van der Waals surface area contributed by atoms with E-state index in [0.717, 1.165) is 5.75 Å². The second-order valence-corrected chi connectivity index (χ2v) is 5.83. The lowest BCUT2D eigenvalue weighted by Crippen LogP contribution is -2.30. The Morgan fingerprint density at radius 2 is 1.79 bits per heavy atom. The average molecular weight is 392 g/mol. The number of esters is 1. The SMILES string of the molecule is CCOc1ccc(NC(=O)[C@@H](C)OC(=O)c2ccccc2Br)cc1. The van der Waals surface area contributed by atoms with Gasteiger partial charge in [0.2, 0.25) is 0 Å². The van der Waals surface area contributed by atoms with Gasteiger partial charge in [-0.3, -0.25) is 4.79 Å². The van der Waals surface area contributed by atoms with Crippen molar-refractivity contribution in [2.75, 3.05) is 11.9 Å². The van der Waals surface area contributed by atoms with Crippen LogP contribution < -0.4 is 10.1 Å². The fourth-order valence-electron chi connectivity index (χ4n) is 1.95. The van der Waals surface area contributed by atoms with Crippen molar-refractivity contribution in [2.24, 2.45) is 0 Å². The molecule has 0 saturated carbocycles. The maximum absolute atomic E-state index is 12.1. The summed E-state index contributed by atoms with van der Waals surface area (Å²) in [6, 6.07) is 13.9. The highest BCUT2D eigenvalue weighted by atomic mass is 79.9. The smallest absolute Gasteiger partial charge is 0.340 e. The highest BCUT2D eigenvalue weighted by molar-refractivity contribution is 9.10. The molecule has 0 bridgehead atoms. The summed E-state index contributed by atoms with van der Waals surface area (Å²) in [4.78, 5) is 24.2. The molecule has 5 nitrogen and oxygen atoms in total. The van der Waals surface area contributed by atoms with Crippen molar-refractivity contribution in [3.63, 3.8) is 0 Å². The van der Waals surface area contributed by atoms with E-state index in [4.69, 9.17) is 9.47 Å². The van der Waals surface area contributed by atoms with E-state index < -0.39 is 18.0 Å². The molecule has 1 N–H and O–H groups in total. The van der Waals surface area contributed by atoms with E-state index in [1.165, 1.54) is 6.92 Å². The summed E-state index contributed by atoms with van der Waals surface area (Å²) in [6.07, 6.45) is -0.920. The molecule has 1 atom stereocenters. The molecule has 0 aliphatic heterocycles. The van der Waals surface area contributed by atoms with Crippen molar-refractivity contribution >= 4 is 33.5 Å². The number of nitrogens with one attached hydrogen (secondary N) is 1. The Balaban J connectivity index is 1.94. The van der Waals surface area contributed by atoms with Gasteiger partial charge in [-0.1, -0.05) is 12.1 Å². The summed E-state index contributed by atoms with van der Waals surface area (Å²) < 4.78 is 11.2. The van der Waals surface area contributed by atoms with Gasteiger partial charge in [0.25, 0.3) is 5.91 Å². The summed E-state index contributed by atoms with van der Waals surface area (Å²) in [6.45, 7) is 4.00. The number of halogens is 1. The lowest BCUT2D eigenvalue weighted by Gasteiger charge is -2.14. The topological polar surface area (TPSA) is 64.6 Å². The third-order valence-electron chi connectivity index (χ3n) is 3.18. The molecule has 0 spiro atoms. The molecule has 0 aromatic heterocycles. The van der Waals surface area contributed by atoms with Crippen molar-refractivity contribution in [1.82, 2.24) is 0 Å². The summed E-state index contributed by atoms with van der Waals surface area (Å²) in [5, 5.41) is 2.70. The fraction of sp³-hybridized carbons (Fsp3) is 0.222. The molecular weight excluding hydrogens is 374 g/mol. The molecule has 2 aromatic rings. The van der Waals surface area contributed by atoms with Crippen molar-refractivity contribution in [1.29, 1.82) is 0 Å². The van der Waals surface area contributed by atoms with Gasteiger partial charge in [-0.15, -0.1) is 0 Å². The van der Waals surface area contributed by atoms with Crippen LogP contribution in [0.3, 0.4) is 0 Å². The molecule has 2 rings (SSSR count). The Morgan fingerprint density at radius 1 is 1.12 bits per heavy atom. The lowest BCUT2D eigenvalue weighted by atomic mass is 10.2. The van der Waals surface area contributed by atoms with Gasteiger partial charge in [0.1, 0.15) is 5.75 Å². The van der Waals surface area contributed by atoms with E-state index in [1.807, 2.05) is 6.92 Å². The standard InChI is InChI=1S/C18H18BrNO4/c1-3-23-14-10-8-13(9-11-14)20-17(21)12(2)24-18(22)15-6-4-5-7-16(15)19/h4-12H,3H2,1-2H3,(H,20,21)/t12-/m1/s1. The molecule has 0 fully saturated rings. The number of hydrogen-bond acceptors (Lipinski definition) is 4. The second-order valence-electron chi connectivity index (χ2n) is 4.97. The molecule has 2 aromatic carbocycles. The van der Waals surface area contributed by atoms with Gasteiger partial charge < -0.3 is 14.8 Å². The van der Waals surface area contributed by atoms with E-state index >= 15 is 0 Å². The lowest BCUT2D eigenvalue weighted by molar-refractivity contribution is -0.123. The Bertz CT molecular complexity index is 715. The van der Waals surface area contributed by atoms with Gasteiger partial charge in [-0.2, -0.15) is 0 Å². The Labute approximate surface area is 149 Å². The van der Waals surface area contributed by atoms with E-state index in [-0.39, 0.29) is 0 Å². The molecule has 0 saturated heterocycles. The Morgan fingerprint density at radius 3 is 2.42 bits per heavy atom. The van der Waals surface area contributed by atoms with E-state index in [1.54, 1.807) is 48.5 Å². The largest absolute Gasteiger partial charge is 0.494 e. The first-order valence-electron chi connectivity index (χ1n) is 7.50. The predicted molar refractivity (Wildman–Crippen MR) is 95.3 cm³/mol. The number of rotatable bonds is 6. The number of carbonyl (C=O) groups is 2. The van der Waals surface area contributed by atoms with Crippen LogP contribution in [0.4, 0.5) is 5.69 Å². The predicted octanol–water partition coefficient (Wildman–Crippen LogP) is 4.03. The van der Waals surface area contributed by atoms with Gasteiger partial charge >= 0.3 is 5.97 Å². The molecule has 0 aliphatic rings. The minimum Gasteiger partial charge on any atom is -0.494 e. The third-order valence-corrected chi connectivity index (χ3v) is 3.87. The van der Waals surface area contributed by atoms with Crippen LogP contribution in [-0.2, 0) is 9.53 Å². The summed E-state index contributed by atoms with van der Waals surface area (Å²) in [5.41, 5.74) is 0.977. The minimum absolute atomic E-state index is 0.373. The summed E-state index contributed by atoms with van der Waals surface area (Å²) >= 11 is 3.28. The molecule has 1 amide bonds. The van der Waals surface area contributed by atoms with Crippen molar-refractivity contribution in [2.45, 2.75) is 20.0 Å². The third kappa shape index (κ3) is 4.83. The first kappa shape index (κ1) is 18.0. The van der Waals surface area contributed by atoms with Crippen molar-refractivity contribution in [3.8, 4) is 5.75 Å². The average Bonchev–Trinajstić information content (AvgIpc) is 2.57. The van der Waals surface area contributed by atoms with Gasteiger partial charge in [-0.25, -0.2) is 4.79 Å². The Kier molecular flexibility index (Phi) is 6.37. The van der Waals surface area contributed by atoms with E-state index in [9.17, 15) is 9.59 Å².